The fourth-order valence-electron chi connectivity index (χ4n) is 1.20. The predicted molar refractivity (Wildman–Crippen MR) is 57.2 cm³/mol. The van der Waals surface area contributed by atoms with Gasteiger partial charge >= 0.3 is 0 Å². The zero-order valence-corrected chi connectivity index (χ0v) is 9.03. The van der Waals surface area contributed by atoms with E-state index in [9.17, 15) is 4.39 Å². The van der Waals surface area contributed by atoms with Gasteiger partial charge in [-0.1, -0.05) is 11.6 Å². The summed E-state index contributed by atoms with van der Waals surface area (Å²) in [5.41, 5.74) is 5.55. The van der Waals surface area contributed by atoms with E-state index in [-0.39, 0.29) is 17.3 Å². The third-order valence-electron chi connectivity index (χ3n) is 1.81. The van der Waals surface area contributed by atoms with E-state index in [2.05, 4.69) is 19.9 Å². The van der Waals surface area contributed by atoms with Crippen molar-refractivity contribution in [2.24, 2.45) is 0 Å². The number of nitrogen functional groups attached to an aromatic ring is 1. The molecule has 2 aromatic rings. The highest BCUT2D eigenvalue weighted by Gasteiger charge is 2.11. The third-order valence-corrected chi connectivity index (χ3v) is 2.02. The number of hydrogen-bond donors (Lipinski definition) is 1. The van der Waals surface area contributed by atoms with Gasteiger partial charge in [0.25, 0.3) is 0 Å². The maximum atomic E-state index is 13.4. The summed E-state index contributed by atoms with van der Waals surface area (Å²) in [5.74, 6) is -0.143. The Kier molecular flexibility index (Phi) is 2.66. The first-order valence-electron chi connectivity index (χ1n) is 4.36. The molecule has 16 heavy (non-hydrogen) atoms. The van der Waals surface area contributed by atoms with Crippen LogP contribution in [0.25, 0.3) is 11.4 Å². The molecule has 2 aromatic heterocycles. The van der Waals surface area contributed by atoms with Crippen molar-refractivity contribution in [3.63, 3.8) is 0 Å². The largest absolute Gasteiger partial charge is 0.368 e. The van der Waals surface area contributed by atoms with Crippen LogP contribution in [0.4, 0.5) is 10.3 Å². The van der Waals surface area contributed by atoms with Crippen LogP contribution in [0, 0.1) is 12.9 Å². The molecule has 0 radical (unpaired) electrons. The summed E-state index contributed by atoms with van der Waals surface area (Å²) in [5, 5.41) is 0.299. The lowest BCUT2D eigenvalue weighted by Crippen LogP contribution is -2.03. The molecule has 0 unspecified atom stereocenters. The van der Waals surface area contributed by atoms with Crippen LogP contribution in [0.5, 0.6) is 0 Å². The molecule has 7 heteroatoms. The van der Waals surface area contributed by atoms with Crippen molar-refractivity contribution in [3.05, 3.63) is 29.1 Å². The summed E-state index contributed by atoms with van der Waals surface area (Å²) in [6.07, 6.45) is 1.21. The minimum absolute atomic E-state index is 0.0295. The average Bonchev–Trinajstić information content (AvgIpc) is 2.20. The van der Waals surface area contributed by atoms with Crippen molar-refractivity contribution in [2.45, 2.75) is 6.92 Å². The Morgan fingerprint density at radius 1 is 1.31 bits per heavy atom. The molecule has 0 bridgehead atoms. The highest BCUT2D eigenvalue weighted by molar-refractivity contribution is 6.30. The van der Waals surface area contributed by atoms with Gasteiger partial charge in [0.05, 0.1) is 10.6 Å². The summed E-state index contributed by atoms with van der Waals surface area (Å²) < 4.78 is 13.4. The summed E-state index contributed by atoms with van der Waals surface area (Å²) in [6.45, 7) is 1.64. The molecule has 0 atom stereocenters. The SMILES string of the molecule is Cc1nc(N)nc(-c2cc(Cl)cnc2F)n1. The van der Waals surface area contributed by atoms with Crippen molar-refractivity contribution >= 4 is 17.5 Å². The lowest BCUT2D eigenvalue weighted by atomic mass is 10.2. The van der Waals surface area contributed by atoms with E-state index < -0.39 is 5.95 Å². The van der Waals surface area contributed by atoms with Gasteiger partial charge in [0.2, 0.25) is 11.9 Å². The van der Waals surface area contributed by atoms with E-state index in [0.717, 1.165) is 0 Å². The average molecular weight is 240 g/mol. The third kappa shape index (κ3) is 2.06. The van der Waals surface area contributed by atoms with Crippen LogP contribution >= 0.6 is 11.6 Å². The van der Waals surface area contributed by atoms with Gasteiger partial charge in [0.15, 0.2) is 5.82 Å². The summed E-state index contributed by atoms with van der Waals surface area (Å²) in [7, 11) is 0. The molecule has 82 valence electrons. The second kappa shape index (κ2) is 3.97. The number of aromatic nitrogens is 4. The van der Waals surface area contributed by atoms with Crippen molar-refractivity contribution in [1.29, 1.82) is 0 Å². The van der Waals surface area contributed by atoms with Crippen LogP contribution in [-0.2, 0) is 0 Å². The summed E-state index contributed by atoms with van der Waals surface area (Å²) in [6, 6.07) is 1.39. The molecular formula is C9H7ClFN5. The van der Waals surface area contributed by atoms with Crippen LogP contribution < -0.4 is 5.73 Å². The van der Waals surface area contributed by atoms with Gasteiger partial charge in [0, 0.05) is 6.20 Å². The molecule has 0 amide bonds. The number of nitrogens with two attached hydrogens (primary N) is 1. The highest BCUT2D eigenvalue weighted by Crippen LogP contribution is 2.21. The van der Waals surface area contributed by atoms with Crippen molar-refractivity contribution < 1.29 is 4.39 Å². The Morgan fingerprint density at radius 3 is 2.75 bits per heavy atom. The van der Waals surface area contributed by atoms with Crippen LogP contribution in [0.3, 0.4) is 0 Å². The molecule has 2 heterocycles. The first kappa shape index (κ1) is 10.7. The molecular weight excluding hydrogens is 233 g/mol. The molecule has 0 saturated carbocycles. The van der Waals surface area contributed by atoms with E-state index in [1.54, 1.807) is 6.92 Å². The molecule has 5 nitrogen and oxygen atoms in total. The maximum absolute atomic E-state index is 13.4. The normalized spacial score (nSPS) is 10.4. The van der Waals surface area contributed by atoms with Gasteiger partial charge in [-0.05, 0) is 13.0 Å². The minimum atomic E-state index is -0.700. The van der Waals surface area contributed by atoms with Crippen molar-refractivity contribution in [3.8, 4) is 11.4 Å². The Morgan fingerprint density at radius 2 is 2.06 bits per heavy atom. The van der Waals surface area contributed by atoms with Crippen LogP contribution in [0.1, 0.15) is 5.82 Å². The molecule has 2 rings (SSSR count). The number of anilines is 1. The first-order valence-corrected chi connectivity index (χ1v) is 4.73. The van der Waals surface area contributed by atoms with E-state index in [1.165, 1.54) is 12.3 Å². The van der Waals surface area contributed by atoms with E-state index >= 15 is 0 Å². The van der Waals surface area contributed by atoms with E-state index in [1.807, 2.05) is 0 Å². The predicted octanol–water partition coefficient (Wildman–Crippen LogP) is 1.62. The van der Waals surface area contributed by atoms with Gasteiger partial charge in [-0.2, -0.15) is 14.4 Å². The Bertz CT molecular complexity index is 525. The zero-order chi connectivity index (χ0) is 11.7. The van der Waals surface area contributed by atoms with Gasteiger partial charge < -0.3 is 5.73 Å². The van der Waals surface area contributed by atoms with Gasteiger partial charge in [-0.25, -0.2) is 9.97 Å². The lowest BCUT2D eigenvalue weighted by molar-refractivity contribution is 0.586. The van der Waals surface area contributed by atoms with Gasteiger partial charge in [0.1, 0.15) is 5.82 Å². The van der Waals surface area contributed by atoms with Gasteiger partial charge in [-0.15, -0.1) is 0 Å². The van der Waals surface area contributed by atoms with Gasteiger partial charge in [-0.3, -0.25) is 0 Å². The van der Waals surface area contributed by atoms with E-state index in [0.29, 0.717) is 10.8 Å². The second-order valence-electron chi connectivity index (χ2n) is 3.06. The van der Waals surface area contributed by atoms with Crippen molar-refractivity contribution in [2.75, 3.05) is 5.73 Å². The van der Waals surface area contributed by atoms with E-state index in [4.69, 9.17) is 17.3 Å². The Labute approximate surface area is 95.5 Å². The Balaban J connectivity index is 2.62. The number of aryl methyl sites for hydroxylation is 1. The van der Waals surface area contributed by atoms with Crippen LogP contribution in [-0.4, -0.2) is 19.9 Å². The van der Waals surface area contributed by atoms with Crippen LogP contribution in [0.2, 0.25) is 5.02 Å². The lowest BCUT2D eigenvalue weighted by Gasteiger charge is -2.03. The monoisotopic (exact) mass is 239 g/mol. The molecule has 0 aliphatic heterocycles. The zero-order valence-electron chi connectivity index (χ0n) is 8.28. The summed E-state index contributed by atoms with van der Waals surface area (Å²) >= 11 is 5.71. The maximum Gasteiger partial charge on any atom is 0.224 e. The number of nitrogens with zero attached hydrogens (tertiary/aromatic N) is 4. The number of rotatable bonds is 1. The highest BCUT2D eigenvalue weighted by atomic mass is 35.5. The van der Waals surface area contributed by atoms with Crippen molar-refractivity contribution in [1.82, 2.24) is 19.9 Å². The topological polar surface area (TPSA) is 77.6 Å². The molecule has 0 saturated heterocycles. The second-order valence-corrected chi connectivity index (χ2v) is 3.49. The Hall–Kier alpha value is -1.82. The molecule has 0 fully saturated rings. The number of halogens is 2. The number of hydrogen-bond acceptors (Lipinski definition) is 5. The fraction of sp³-hybridized carbons (Fsp3) is 0.111. The summed E-state index contributed by atoms with van der Waals surface area (Å²) in [4.78, 5) is 15.1. The quantitative estimate of drug-likeness (QED) is 0.765. The molecule has 2 N–H and O–H groups in total. The fourth-order valence-corrected chi connectivity index (χ4v) is 1.36. The smallest absolute Gasteiger partial charge is 0.224 e. The molecule has 0 aliphatic carbocycles. The molecule has 0 aromatic carbocycles. The minimum Gasteiger partial charge on any atom is -0.368 e. The molecule has 0 aliphatic rings. The number of pyridine rings is 1. The van der Waals surface area contributed by atoms with Crippen LogP contribution in [0.15, 0.2) is 12.3 Å². The standard InChI is InChI=1S/C9H7ClFN5/c1-4-14-8(16-9(12)15-4)6-2-5(10)3-13-7(6)11/h2-3H,1H3,(H2,12,14,15,16). The first-order chi connectivity index (χ1) is 7.56. The molecule has 0 spiro atoms.